The van der Waals surface area contributed by atoms with Crippen molar-refractivity contribution < 1.29 is 19.0 Å². The van der Waals surface area contributed by atoms with Gasteiger partial charge in [-0.15, -0.1) is 0 Å². The summed E-state index contributed by atoms with van der Waals surface area (Å²) in [5, 5.41) is 2.78. The average Bonchev–Trinajstić information content (AvgIpc) is 2.63. The third-order valence-corrected chi connectivity index (χ3v) is 4.93. The molecule has 1 aromatic carbocycles. The fraction of sp³-hybridized carbons (Fsp3) is 0.611. The van der Waals surface area contributed by atoms with Crippen molar-refractivity contribution in [3.05, 3.63) is 22.2 Å². The van der Waals surface area contributed by atoms with Gasteiger partial charge in [0.2, 0.25) is 0 Å². The largest absolute Gasteiger partial charge is 0.496 e. The molecule has 0 unspecified atom stereocenters. The van der Waals surface area contributed by atoms with Crippen LogP contribution in [-0.4, -0.2) is 58.0 Å². The number of halogens is 1. The third-order valence-electron chi connectivity index (χ3n) is 4.31. The Morgan fingerprint density at radius 2 is 1.88 bits per heavy atom. The summed E-state index contributed by atoms with van der Waals surface area (Å²) in [5.41, 5.74) is 0.969. The summed E-state index contributed by atoms with van der Waals surface area (Å²) in [4.78, 5) is 14.1. The summed E-state index contributed by atoms with van der Waals surface area (Å²) in [6.45, 7) is 3.93. The van der Waals surface area contributed by atoms with Crippen molar-refractivity contribution in [3.8, 4) is 11.5 Å². The molecule has 0 radical (unpaired) electrons. The number of piperidine rings is 1. The molecule has 0 atom stereocenters. The normalized spacial score (nSPS) is 14.8. The second-order valence-corrected chi connectivity index (χ2v) is 6.87. The van der Waals surface area contributed by atoms with Crippen LogP contribution >= 0.6 is 15.9 Å². The van der Waals surface area contributed by atoms with Gasteiger partial charge in [0.05, 0.1) is 18.7 Å². The highest BCUT2D eigenvalue weighted by Gasteiger charge is 2.12. The van der Waals surface area contributed by atoms with E-state index in [4.69, 9.17) is 14.2 Å². The standard InChI is InChI=1S/C18H27BrN2O4/c1-23-16-13-15(19)17(24-2)12-14(16)6-7-20-18(22)25-11-10-21-8-4-3-5-9-21/h12-13H,3-11H2,1-2H3,(H,20,22). The van der Waals surface area contributed by atoms with E-state index in [0.29, 0.717) is 19.6 Å². The molecule has 0 bridgehead atoms. The van der Waals surface area contributed by atoms with Crippen LogP contribution in [0.2, 0.25) is 0 Å². The third kappa shape index (κ3) is 6.40. The number of alkyl carbamates (subject to hydrolysis) is 1. The maximum Gasteiger partial charge on any atom is 0.407 e. The lowest BCUT2D eigenvalue weighted by Crippen LogP contribution is -2.34. The molecule has 1 N–H and O–H groups in total. The molecule has 7 heteroatoms. The molecular formula is C18H27BrN2O4. The van der Waals surface area contributed by atoms with Gasteiger partial charge in [-0.05, 0) is 66.0 Å². The van der Waals surface area contributed by atoms with Gasteiger partial charge < -0.3 is 19.5 Å². The van der Waals surface area contributed by atoms with Gasteiger partial charge in [0.25, 0.3) is 0 Å². The maximum atomic E-state index is 11.8. The van der Waals surface area contributed by atoms with Gasteiger partial charge in [0, 0.05) is 13.1 Å². The van der Waals surface area contributed by atoms with Crippen molar-refractivity contribution in [1.29, 1.82) is 0 Å². The number of rotatable bonds is 8. The smallest absolute Gasteiger partial charge is 0.407 e. The van der Waals surface area contributed by atoms with E-state index < -0.39 is 0 Å². The molecule has 140 valence electrons. The minimum atomic E-state index is -0.375. The number of ether oxygens (including phenoxy) is 3. The number of benzene rings is 1. The van der Waals surface area contributed by atoms with Crippen LogP contribution in [0.15, 0.2) is 16.6 Å². The van der Waals surface area contributed by atoms with Crippen LogP contribution in [0.4, 0.5) is 4.79 Å². The van der Waals surface area contributed by atoms with E-state index in [1.54, 1.807) is 14.2 Å². The first-order chi connectivity index (χ1) is 12.1. The van der Waals surface area contributed by atoms with Crippen molar-refractivity contribution >= 4 is 22.0 Å². The van der Waals surface area contributed by atoms with Crippen LogP contribution in [0, 0.1) is 0 Å². The van der Waals surface area contributed by atoms with Crippen LogP contribution in [0.25, 0.3) is 0 Å². The van der Waals surface area contributed by atoms with E-state index >= 15 is 0 Å². The van der Waals surface area contributed by atoms with E-state index in [2.05, 4.69) is 26.1 Å². The van der Waals surface area contributed by atoms with E-state index in [-0.39, 0.29) is 6.09 Å². The Balaban J connectivity index is 1.71. The van der Waals surface area contributed by atoms with E-state index in [0.717, 1.165) is 41.2 Å². The quantitative estimate of drug-likeness (QED) is 0.707. The van der Waals surface area contributed by atoms with Crippen molar-refractivity contribution in [3.63, 3.8) is 0 Å². The van der Waals surface area contributed by atoms with Crippen LogP contribution in [0.5, 0.6) is 11.5 Å². The summed E-state index contributed by atoms with van der Waals surface area (Å²) in [6, 6.07) is 3.78. The lowest BCUT2D eigenvalue weighted by atomic mass is 10.1. The molecule has 1 fully saturated rings. The fourth-order valence-corrected chi connectivity index (χ4v) is 3.40. The second kappa shape index (κ2) is 10.5. The van der Waals surface area contributed by atoms with Gasteiger partial charge >= 0.3 is 6.09 Å². The predicted molar refractivity (Wildman–Crippen MR) is 101 cm³/mol. The van der Waals surface area contributed by atoms with Crippen molar-refractivity contribution in [2.24, 2.45) is 0 Å². The predicted octanol–water partition coefficient (Wildman–Crippen LogP) is 3.22. The molecule has 2 rings (SSSR count). The Morgan fingerprint density at radius 3 is 2.56 bits per heavy atom. The Bertz CT molecular complexity index is 562. The Morgan fingerprint density at radius 1 is 1.16 bits per heavy atom. The number of nitrogens with zero attached hydrogens (tertiary/aromatic N) is 1. The number of methoxy groups -OCH3 is 2. The zero-order valence-electron chi connectivity index (χ0n) is 15.0. The van der Waals surface area contributed by atoms with Gasteiger partial charge in [0.15, 0.2) is 0 Å². The number of amides is 1. The lowest BCUT2D eigenvalue weighted by Gasteiger charge is -2.25. The second-order valence-electron chi connectivity index (χ2n) is 6.01. The topological polar surface area (TPSA) is 60.0 Å². The zero-order chi connectivity index (χ0) is 18.1. The number of hydrogen-bond acceptors (Lipinski definition) is 5. The molecule has 0 saturated carbocycles. The summed E-state index contributed by atoms with van der Waals surface area (Å²) < 4.78 is 16.8. The highest BCUT2D eigenvalue weighted by atomic mass is 79.9. The minimum Gasteiger partial charge on any atom is -0.496 e. The van der Waals surface area contributed by atoms with Gasteiger partial charge in [0.1, 0.15) is 18.1 Å². The van der Waals surface area contributed by atoms with Crippen molar-refractivity contribution in [2.75, 3.05) is 47.0 Å². The molecule has 1 saturated heterocycles. The molecule has 1 aliphatic rings. The zero-order valence-corrected chi connectivity index (χ0v) is 16.6. The molecule has 6 nitrogen and oxygen atoms in total. The van der Waals surface area contributed by atoms with Crippen molar-refractivity contribution in [1.82, 2.24) is 10.2 Å². The number of likely N-dealkylation sites (tertiary alicyclic amines) is 1. The summed E-state index contributed by atoms with van der Waals surface area (Å²) in [6.07, 6.45) is 4.05. The first-order valence-electron chi connectivity index (χ1n) is 8.67. The number of carbonyl (C=O) groups excluding carboxylic acids is 1. The molecule has 25 heavy (non-hydrogen) atoms. The molecule has 1 aromatic rings. The van der Waals surface area contributed by atoms with Crippen LogP contribution in [0.1, 0.15) is 24.8 Å². The number of carbonyl (C=O) groups is 1. The minimum absolute atomic E-state index is 0.375. The van der Waals surface area contributed by atoms with Gasteiger partial charge in [-0.2, -0.15) is 0 Å². The Hall–Kier alpha value is -1.47. The monoisotopic (exact) mass is 414 g/mol. The molecule has 0 aliphatic carbocycles. The van der Waals surface area contributed by atoms with Crippen LogP contribution in [0.3, 0.4) is 0 Å². The molecule has 0 spiro atoms. The van der Waals surface area contributed by atoms with Crippen LogP contribution < -0.4 is 14.8 Å². The summed E-state index contributed by atoms with van der Waals surface area (Å²) in [5.74, 6) is 1.49. The SMILES string of the molecule is COc1cc(CCNC(=O)OCCN2CCCCC2)c(OC)cc1Br. The number of nitrogens with one attached hydrogen (secondary N) is 1. The average molecular weight is 415 g/mol. The van der Waals surface area contributed by atoms with E-state index in [1.165, 1.54) is 19.3 Å². The molecule has 1 amide bonds. The summed E-state index contributed by atoms with van der Waals surface area (Å²) >= 11 is 3.44. The number of hydrogen-bond donors (Lipinski definition) is 1. The van der Waals surface area contributed by atoms with Gasteiger partial charge in [-0.1, -0.05) is 6.42 Å². The van der Waals surface area contributed by atoms with E-state index in [9.17, 15) is 4.79 Å². The fourth-order valence-electron chi connectivity index (χ4n) is 2.92. The Labute approximate surface area is 157 Å². The first-order valence-corrected chi connectivity index (χ1v) is 9.46. The molecule has 1 heterocycles. The van der Waals surface area contributed by atoms with Gasteiger partial charge in [-0.3, -0.25) is 4.90 Å². The highest BCUT2D eigenvalue weighted by Crippen LogP contribution is 2.32. The van der Waals surface area contributed by atoms with Crippen LogP contribution in [-0.2, 0) is 11.2 Å². The maximum absolute atomic E-state index is 11.8. The van der Waals surface area contributed by atoms with Crippen molar-refractivity contribution in [2.45, 2.75) is 25.7 Å². The first kappa shape index (κ1) is 19.8. The molecule has 1 aliphatic heterocycles. The molecule has 0 aromatic heterocycles. The summed E-state index contributed by atoms with van der Waals surface area (Å²) in [7, 11) is 3.24. The Kier molecular flexibility index (Phi) is 8.34. The highest BCUT2D eigenvalue weighted by molar-refractivity contribution is 9.10. The lowest BCUT2D eigenvalue weighted by molar-refractivity contribution is 0.121. The van der Waals surface area contributed by atoms with Gasteiger partial charge in [-0.25, -0.2) is 4.79 Å². The molecular weight excluding hydrogens is 388 g/mol. The van der Waals surface area contributed by atoms with E-state index in [1.807, 2.05) is 12.1 Å².